The minimum atomic E-state index is -4.28. The Morgan fingerprint density at radius 2 is 1.95 bits per heavy atom. The topological polar surface area (TPSA) is 21.3 Å². The van der Waals surface area contributed by atoms with Crippen molar-refractivity contribution in [1.29, 1.82) is 0 Å². The Morgan fingerprint density at radius 1 is 1.24 bits per heavy atom. The van der Waals surface area contributed by atoms with Crippen LogP contribution in [-0.4, -0.2) is 26.8 Å². The molecule has 0 bridgehead atoms. The zero-order valence-electron chi connectivity index (χ0n) is 12.8. The third kappa shape index (κ3) is 6.48. The lowest BCUT2D eigenvalue weighted by Crippen LogP contribution is -2.30. The molecule has 0 aliphatic carbocycles. The molecule has 0 spiro atoms. The van der Waals surface area contributed by atoms with Crippen LogP contribution in [0.5, 0.6) is 0 Å². The fourth-order valence-corrected chi connectivity index (χ4v) is 2.18. The van der Waals surface area contributed by atoms with Crippen molar-refractivity contribution in [2.45, 2.75) is 26.4 Å². The van der Waals surface area contributed by atoms with Gasteiger partial charge >= 0.3 is 6.18 Å². The summed E-state index contributed by atoms with van der Waals surface area (Å²) in [6, 6.07) is 5.61. The molecule has 0 saturated carbocycles. The first-order valence-corrected chi connectivity index (χ1v) is 7.20. The van der Waals surface area contributed by atoms with E-state index in [-0.39, 0.29) is 0 Å². The number of benzene rings is 1. The fraction of sp³-hybridized carbons (Fsp3) is 0.625. The summed E-state index contributed by atoms with van der Waals surface area (Å²) in [5.74, 6) is 0.694. The number of ether oxygens (including phenoxy) is 1. The van der Waals surface area contributed by atoms with E-state index in [4.69, 9.17) is 4.74 Å². The molecule has 1 N–H and O–H groups in total. The monoisotopic (exact) mass is 303 g/mol. The van der Waals surface area contributed by atoms with E-state index in [1.54, 1.807) is 13.2 Å². The highest BCUT2D eigenvalue weighted by Gasteiger charge is 2.30. The Hall–Kier alpha value is -1.07. The van der Waals surface area contributed by atoms with E-state index in [1.165, 1.54) is 12.1 Å². The van der Waals surface area contributed by atoms with Gasteiger partial charge in [-0.3, -0.25) is 0 Å². The lowest BCUT2D eigenvalue weighted by atomic mass is 9.88. The van der Waals surface area contributed by atoms with Crippen molar-refractivity contribution >= 4 is 0 Å². The van der Waals surface area contributed by atoms with Crippen LogP contribution in [0.3, 0.4) is 0 Å². The van der Waals surface area contributed by atoms with Crippen LogP contribution in [0.1, 0.15) is 25.0 Å². The quantitative estimate of drug-likeness (QED) is 0.738. The molecule has 1 rings (SSSR count). The first-order valence-electron chi connectivity index (χ1n) is 7.20. The number of halogens is 3. The summed E-state index contributed by atoms with van der Waals surface area (Å²) in [6.45, 7) is 6.35. The van der Waals surface area contributed by atoms with Gasteiger partial charge in [0.15, 0.2) is 0 Å². The predicted molar refractivity (Wildman–Crippen MR) is 78.2 cm³/mol. The van der Waals surface area contributed by atoms with Gasteiger partial charge in [-0.05, 0) is 36.4 Å². The summed E-state index contributed by atoms with van der Waals surface area (Å²) in [6.07, 6.45) is -3.64. The minimum absolute atomic E-state index is 0.297. The fourth-order valence-electron chi connectivity index (χ4n) is 2.18. The van der Waals surface area contributed by atoms with Gasteiger partial charge in [0, 0.05) is 13.7 Å². The predicted octanol–water partition coefficient (Wildman–Crippen LogP) is 3.76. The van der Waals surface area contributed by atoms with E-state index in [0.717, 1.165) is 24.7 Å². The number of rotatable bonds is 8. The molecule has 1 aromatic carbocycles. The van der Waals surface area contributed by atoms with Crippen molar-refractivity contribution in [3.8, 4) is 0 Å². The largest absolute Gasteiger partial charge is 0.416 e. The summed E-state index contributed by atoms with van der Waals surface area (Å²) in [7, 11) is 1.64. The van der Waals surface area contributed by atoms with Gasteiger partial charge in [0.05, 0.1) is 12.2 Å². The Kier molecular flexibility index (Phi) is 7.18. The number of hydrogen-bond donors (Lipinski definition) is 1. The average Bonchev–Trinajstić information content (AvgIpc) is 2.41. The summed E-state index contributed by atoms with van der Waals surface area (Å²) < 4.78 is 43.1. The molecular weight excluding hydrogens is 279 g/mol. The maximum atomic E-state index is 12.7. The first kappa shape index (κ1) is 18.0. The summed E-state index contributed by atoms with van der Waals surface area (Å²) in [4.78, 5) is 0. The van der Waals surface area contributed by atoms with Gasteiger partial charge in [0.2, 0.25) is 0 Å². The van der Waals surface area contributed by atoms with Gasteiger partial charge in [-0.1, -0.05) is 32.0 Å². The van der Waals surface area contributed by atoms with E-state index in [2.05, 4.69) is 19.2 Å². The van der Waals surface area contributed by atoms with Crippen molar-refractivity contribution in [2.75, 3.05) is 26.8 Å². The zero-order valence-corrected chi connectivity index (χ0v) is 12.8. The molecule has 0 fully saturated rings. The average molecular weight is 303 g/mol. The highest BCUT2D eigenvalue weighted by Crippen LogP contribution is 2.30. The lowest BCUT2D eigenvalue weighted by molar-refractivity contribution is -0.137. The van der Waals surface area contributed by atoms with E-state index in [0.29, 0.717) is 24.9 Å². The second kappa shape index (κ2) is 8.39. The SMILES string of the molecule is COCCNCC(Cc1cccc(C(F)(F)F)c1)C(C)C. The Labute approximate surface area is 124 Å². The van der Waals surface area contributed by atoms with Crippen molar-refractivity contribution in [3.63, 3.8) is 0 Å². The Balaban J connectivity index is 2.66. The molecule has 5 heteroatoms. The highest BCUT2D eigenvalue weighted by molar-refractivity contribution is 5.26. The third-order valence-electron chi connectivity index (χ3n) is 3.58. The van der Waals surface area contributed by atoms with E-state index in [1.807, 2.05) is 0 Å². The second-order valence-electron chi connectivity index (χ2n) is 5.60. The van der Waals surface area contributed by atoms with E-state index < -0.39 is 11.7 Å². The lowest BCUT2D eigenvalue weighted by Gasteiger charge is -2.22. The van der Waals surface area contributed by atoms with Gasteiger partial charge in [0.25, 0.3) is 0 Å². The van der Waals surface area contributed by atoms with Crippen molar-refractivity contribution in [1.82, 2.24) is 5.32 Å². The van der Waals surface area contributed by atoms with Gasteiger partial charge in [-0.2, -0.15) is 13.2 Å². The molecule has 1 atom stereocenters. The third-order valence-corrected chi connectivity index (χ3v) is 3.58. The van der Waals surface area contributed by atoms with Crippen LogP contribution in [-0.2, 0) is 17.3 Å². The van der Waals surface area contributed by atoms with Crippen LogP contribution in [0.25, 0.3) is 0 Å². The molecule has 1 unspecified atom stereocenters. The van der Waals surface area contributed by atoms with Crippen LogP contribution >= 0.6 is 0 Å². The maximum absolute atomic E-state index is 12.7. The Bertz CT molecular complexity index is 418. The molecule has 0 aliphatic heterocycles. The van der Waals surface area contributed by atoms with Crippen LogP contribution in [0, 0.1) is 11.8 Å². The van der Waals surface area contributed by atoms with Crippen LogP contribution in [0.4, 0.5) is 13.2 Å². The van der Waals surface area contributed by atoms with Crippen molar-refractivity contribution in [3.05, 3.63) is 35.4 Å². The standard InChI is InChI=1S/C16H24F3NO/c1-12(2)14(11-20-7-8-21-3)9-13-5-4-6-15(10-13)16(17,18)19/h4-6,10,12,14,20H,7-9,11H2,1-3H3. The normalized spacial score (nSPS) is 13.7. The van der Waals surface area contributed by atoms with Gasteiger partial charge in [0.1, 0.15) is 0 Å². The molecule has 1 aromatic rings. The van der Waals surface area contributed by atoms with Crippen molar-refractivity contribution < 1.29 is 17.9 Å². The molecular formula is C16H24F3NO. The molecule has 0 heterocycles. The molecule has 0 amide bonds. The summed E-state index contributed by atoms with van der Waals surface area (Å²) in [5, 5.41) is 3.29. The molecule has 120 valence electrons. The second-order valence-corrected chi connectivity index (χ2v) is 5.60. The number of alkyl halides is 3. The van der Waals surface area contributed by atoms with Crippen LogP contribution in [0.15, 0.2) is 24.3 Å². The first-order chi connectivity index (χ1) is 9.84. The number of nitrogens with one attached hydrogen (secondary N) is 1. The molecule has 2 nitrogen and oxygen atoms in total. The molecule has 0 aliphatic rings. The van der Waals surface area contributed by atoms with Crippen LogP contribution in [0.2, 0.25) is 0 Å². The minimum Gasteiger partial charge on any atom is -0.383 e. The summed E-state index contributed by atoms with van der Waals surface area (Å²) in [5.41, 5.74) is 0.159. The zero-order chi connectivity index (χ0) is 15.9. The van der Waals surface area contributed by atoms with Gasteiger partial charge in [-0.25, -0.2) is 0 Å². The van der Waals surface area contributed by atoms with E-state index >= 15 is 0 Å². The molecule has 0 aromatic heterocycles. The van der Waals surface area contributed by atoms with Crippen molar-refractivity contribution in [2.24, 2.45) is 11.8 Å². The molecule has 0 saturated heterocycles. The molecule has 21 heavy (non-hydrogen) atoms. The molecule has 0 radical (unpaired) electrons. The van der Waals surface area contributed by atoms with Crippen LogP contribution < -0.4 is 5.32 Å². The number of methoxy groups -OCH3 is 1. The smallest absolute Gasteiger partial charge is 0.383 e. The Morgan fingerprint density at radius 3 is 2.52 bits per heavy atom. The van der Waals surface area contributed by atoms with Gasteiger partial charge < -0.3 is 10.1 Å². The number of hydrogen-bond acceptors (Lipinski definition) is 2. The van der Waals surface area contributed by atoms with E-state index in [9.17, 15) is 13.2 Å². The van der Waals surface area contributed by atoms with Gasteiger partial charge in [-0.15, -0.1) is 0 Å². The highest BCUT2D eigenvalue weighted by atomic mass is 19.4. The maximum Gasteiger partial charge on any atom is 0.416 e. The summed E-state index contributed by atoms with van der Waals surface area (Å²) >= 11 is 0.